The van der Waals surface area contributed by atoms with Crippen LogP contribution in [0.5, 0.6) is 0 Å². The van der Waals surface area contributed by atoms with E-state index in [0.717, 1.165) is 12.8 Å². The van der Waals surface area contributed by atoms with Gasteiger partial charge < -0.3 is 15.3 Å². The standard InChI is InChI=1S/C10H16N2O3/c1-2-12(7-9(13)14)10(15)11-8-5-3-4-6-8/h3-4,8H,2,5-7H2,1H3,(H,11,15)(H,13,14). The van der Waals surface area contributed by atoms with Crippen LogP contribution in [0.25, 0.3) is 0 Å². The summed E-state index contributed by atoms with van der Waals surface area (Å²) in [4.78, 5) is 23.3. The predicted molar refractivity (Wildman–Crippen MR) is 55.6 cm³/mol. The summed E-state index contributed by atoms with van der Waals surface area (Å²) in [7, 11) is 0. The van der Waals surface area contributed by atoms with E-state index in [1.54, 1.807) is 6.92 Å². The summed E-state index contributed by atoms with van der Waals surface area (Å²) in [5, 5.41) is 11.4. The predicted octanol–water partition coefficient (Wildman–Crippen LogP) is 0.821. The van der Waals surface area contributed by atoms with E-state index < -0.39 is 5.97 Å². The molecule has 1 rings (SSSR count). The zero-order valence-electron chi connectivity index (χ0n) is 8.77. The lowest BCUT2D eigenvalue weighted by molar-refractivity contribution is -0.137. The smallest absolute Gasteiger partial charge is 0.323 e. The molecule has 0 heterocycles. The van der Waals surface area contributed by atoms with Gasteiger partial charge in [0.15, 0.2) is 0 Å². The molecular formula is C10H16N2O3. The fraction of sp³-hybridized carbons (Fsp3) is 0.600. The summed E-state index contributed by atoms with van der Waals surface area (Å²) in [6.45, 7) is 1.91. The minimum absolute atomic E-state index is 0.125. The second-order valence-corrected chi connectivity index (χ2v) is 3.50. The van der Waals surface area contributed by atoms with Gasteiger partial charge in [-0.05, 0) is 19.8 Å². The van der Waals surface area contributed by atoms with Gasteiger partial charge in [-0.15, -0.1) is 0 Å². The summed E-state index contributed by atoms with van der Waals surface area (Å²) in [5.74, 6) is -0.989. The Hall–Kier alpha value is -1.52. The Morgan fingerprint density at radius 2 is 2.07 bits per heavy atom. The maximum absolute atomic E-state index is 11.6. The molecule has 0 unspecified atom stereocenters. The maximum atomic E-state index is 11.6. The van der Waals surface area contributed by atoms with Gasteiger partial charge in [0, 0.05) is 12.6 Å². The van der Waals surface area contributed by atoms with Crippen LogP contribution in [0.3, 0.4) is 0 Å². The van der Waals surface area contributed by atoms with Gasteiger partial charge in [-0.1, -0.05) is 12.2 Å². The first-order valence-electron chi connectivity index (χ1n) is 5.05. The average molecular weight is 212 g/mol. The van der Waals surface area contributed by atoms with Crippen LogP contribution in [0.4, 0.5) is 4.79 Å². The molecule has 1 aliphatic carbocycles. The number of urea groups is 1. The molecule has 0 radical (unpaired) electrons. The molecule has 0 saturated heterocycles. The van der Waals surface area contributed by atoms with E-state index in [1.165, 1.54) is 4.90 Å². The van der Waals surface area contributed by atoms with Crippen molar-refractivity contribution in [2.45, 2.75) is 25.8 Å². The van der Waals surface area contributed by atoms with Crippen LogP contribution in [0, 0.1) is 0 Å². The number of nitrogens with zero attached hydrogens (tertiary/aromatic N) is 1. The highest BCUT2D eigenvalue weighted by molar-refractivity contribution is 5.80. The third kappa shape index (κ3) is 3.61. The fourth-order valence-electron chi connectivity index (χ4n) is 1.49. The van der Waals surface area contributed by atoms with Gasteiger partial charge in [-0.3, -0.25) is 4.79 Å². The highest BCUT2D eigenvalue weighted by Gasteiger charge is 2.18. The van der Waals surface area contributed by atoms with Crippen LogP contribution in [0.15, 0.2) is 12.2 Å². The van der Waals surface area contributed by atoms with E-state index in [-0.39, 0.29) is 18.6 Å². The second kappa shape index (κ2) is 5.38. The van der Waals surface area contributed by atoms with Crippen LogP contribution in [0.2, 0.25) is 0 Å². The summed E-state index contributed by atoms with van der Waals surface area (Å²) in [6.07, 6.45) is 5.68. The van der Waals surface area contributed by atoms with Crippen molar-refractivity contribution in [1.82, 2.24) is 10.2 Å². The average Bonchev–Trinajstić information content (AvgIpc) is 2.66. The molecule has 0 aromatic heterocycles. The first kappa shape index (κ1) is 11.6. The molecular weight excluding hydrogens is 196 g/mol. The molecule has 2 amide bonds. The molecule has 15 heavy (non-hydrogen) atoms. The zero-order chi connectivity index (χ0) is 11.3. The zero-order valence-corrected chi connectivity index (χ0v) is 8.77. The molecule has 1 aliphatic rings. The van der Waals surface area contributed by atoms with Crippen LogP contribution in [-0.4, -0.2) is 41.1 Å². The Bertz CT molecular complexity index is 268. The third-order valence-electron chi connectivity index (χ3n) is 2.33. The molecule has 5 nitrogen and oxygen atoms in total. The van der Waals surface area contributed by atoms with Crippen molar-refractivity contribution >= 4 is 12.0 Å². The number of hydrogen-bond donors (Lipinski definition) is 2. The molecule has 0 aromatic carbocycles. The number of rotatable bonds is 4. The number of hydrogen-bond acceptors (Lipinski definition) is 2. The molecule has 0 fully saturated rings. The summed E-state index contributed by atoms with van der Waals surface area (Å²) in [5.41, 5.74) is 0. The van der Waals surface area contributed by atoms with Crippen molar-refractivity contribution in [3.63, 3.8) is 0 Å². The van der Waals surface area contributed by atoms with E-state index in [9.17, 15) is 9.59 Å². The maximum Gasteiger partial charge on any atom is 0.323 e. The molecule has 0 spiro atoms. The van der Waals surface area contributed by atoms with E-state index in [1.807, 2.05) is 12.2 Å². The van der Waals surface area contributed by atoms with Gasteiger partial charge in [0.25, 0.3) is 0 Å². The minimum Gasteiger partial charge on any atom is -0.480 e. The van der Waals surface area contributed by atoms with Crippen molar-refractivity contribution in [3.8, 4) is 0 Å². The highest BCUT2D eigenvalue weighted by atomic mass is 16.4. The van der Waals surface area contributed by atoms with Gasteiger partial charge in [0.05, 0.1) is 0 Å². The molecule has 0 aliphatic heterocycles. The van der Waals surface area contributed by atoms with Gasteiger partial charge in [-0.25, -0.2) is 4.79 Å². The fourth-order valence-corrected chi connectivity index (χ4v) is 1.49. The SMILES string of the molecule is CCN(CC(=O)O)C(=O)NC1CC=CC1. The Balaban J connectivity index is 2.38. The first-order valence-corrected chi connectivity index (χ1v) is 5.05. The monoisotopic (exact) mass is 212 g/mol. The van der Waals surface area contributed by atoms with Crippen LogP contribution in [0.1, 0.15) is 19.8 Å². The molecule has 5 heteroatoms. The van der Waals surface area contributed by atoms with Crippen molar-refractivity contribution in [2.24, 2.45) is 0 Å². The van der Waals surface area contributed by atoms with Crippen molar-refractivity contribution in [1.29, 1.82) is 0 Å². The molecule has 2 N–H and O–H groups in total. The number of carbonyl (C=O) groups excluding carboxylic acids is 1. The number of amides is 2. The van der Waals surface area contributed by atoms with Gasteiger partial charge >= 0.3 is 12.0 Å². The minimum atomic E-state index is -0.989. The Labute approximate surface area is 88.8 Å². The number of carboxylic acid groups (broad SMARTS) is 1. The number of nitrogens with one attached hydrogen (secondary N) is 1. The lowest BCUT2D eigenvalue weighted by Gasteiger charge is -2.21. The molecule has 0 saturated carbocycles. The molecule has 0 aromatic rings. The molecule has 0 bridgehead atoms. The van der Waals surface area contributed by atoms with E-state index in [2.05, 4.69) is 5.32 Å². The lowest BCUT2D eigenvalue weighted by Crippen LogP contribution is -2.45. The Morgan fingerprint density at radius 3 is 2.53 bits per heavy atom. The van der Waals surface area contributed by atoms with Gasteiger partial charge in [0.1, 0.15) is 6.54 Å². The third-order valence-corrected chi connectivity index (χ3v) is 2.33. The van der Waals surface area contributed by atoms with Crippen LogP contribution >= 0.6 is 0 Å². The van der Waals surface area contributed by atoms with Crippen LogP contribution < -0.4 is 5.32 Å². The summed E-state index contributed by atoms with van der Waals surface area (Å²) >= 11 is 0. The second-order valence-electron chi connectivity index (χ2n) is 3.50. The van der Waals surface area contributed by atoms with E-state index >= 15 is 0 Å². The lowest BCUT2D eigenvalue weighted by atomic mass is 10.2. The van der Waals surface area contributed by atoms with E-state index in [4.69, 9.17) is 5.11 Å². The Kier molecular flexibility index (Phi) is 4.15. The largest absolute Gasteiger partial charge is 0.480 e. The number of carbonyl (C=O) groups is 2. The van der Waals surface area contributed by atoms with E-state index in [0.29, 0.717) is 6.54 Å². The quantitative estimate of drug-likeness (QED) is 0.678. The summed E-state index contributed by atoms with van der Waals surface area (Å²) < 4.78 is 0. The van der Waals surface area contributed by atoms with Crippen molar-refractivity contribution in [3.05, 3.63) is 12.2 Å². The molecule has 0 atom stereocenters. The topological polar surface area (TPSA) is 69.6 Å². The summed E-state index contributed by atoms with van der Waals surface area (Å²) in [6, 6.07) is -0.172. The van der Waals surface area contributed by atoms with Gasteiger partial charge in [0.2, 0.25) is 0 Å². The highest BCUT2D eigenvalue weighted by Crippen LogP contribution is 2.09. The van der Waals surface area contributed by atoms with Gasteiger partial charge in [-0.2, -0.15) is 0 Å². The molecule has 84 valence electrons. The number of likely N-dealkylation sites (N-methyl/N-ethyl adjacent to an activating group) is 1. The number of carboxylic acids is 1. The number of aliphatic carboxylic acids is 1. The van der Waals surface area contributed by atoms with Crippen molar-refractivity contribution < 1.29 is 14.7 Å². The first-order chi connectivity index (χ1) is 7.13. The van der Waals surface area contributed by atoms with Crippen LogP contribution in [-0.2, 0) is 4.79 Å². The Morgan fingerprint density at radius 1 is 1.47 bits per heavy atom. The normalized spacial score (nSPS) is 15.3. The van der Waals surface area contributed by atoms with Crippen molar-refractivity contribution in [2.75, 3.05) is 13.1 Å².